The van der Waals surface area contributed by atoms with Crippen molar-refractivity contribution in [2.24, 2.45) is 5.73 Å². The zero-order valence-corrected chi connectivity index (χ0v) is 9.75. The van der Waals surface area contributed by atoms with E-state index in [1.807, 2.05) is 35.1 Å². The highest BCUT2D eigenvalue weighted by atomic mass is 16.5. The predicted octanol–water partition coefficient (Wildman–Crippen LogP) is 1.46. The lowest BCUT2D eigenvalue weighted by atomic mass is 10.1. The molecule has 4 heteroatoms. The van der Waals surface area contributed by atoms with Crippen molar-refractivity contribution in [1.82, 2.24) is 9.78 Å². The normalized spacial score (nSPS) is 10.4. The van der Waals surface area contributed by atoms with Crippen molar-refractivity contribution in [3.05, 3.63) is 48.3 Å². The highest BCUT2D eigenvalue weighted by molar-refractivity contribution is 5.33. The van der Waals surface area contributed by atoms with Crippen molar-refractivity contribution < 1.29 is 4.74 Å². The molecular formula is C13H17N3O. The van der Waals surface area contributed by atoms with Crippen molar-refractivity contribution >= 4 is 0 Å². The molecule has 0 spiro atoms. The average molecular weight is 231 g/mol. The molecule has 17 heavy (non-hydrogen) atoms. The number of benzene rings is 1. The molecule has 0 saturated carbocycles. The van der Waals surface area contributed by atoms with Gasteiger partial charge in [0.25, 0.3) is 0 Å². The first-order chi connectivity index (χ1) is 8.40. The molecule has 0 aliphatic heterocycles. The Hall–Kier alpha value is -1.81. The molecule has 1 aromatic heterocycles. The molecule has 1 aromatic carbocycles. The molecule has 4 nitrogen and oxygen atoms in total. The second-order valence-electron chi connectivity index (χ2n) is 3.76. The number of hydrogen-bond acceptors (Lipinski definition) is 3. The van der Waals surface area contributed by atoms with E-state index < -0.39 is 0 Å². The van der Waals surface area contributed by atoms with Crippen LogP contribution in [0.4, 0.5) is 0 Å². The van der Waals surface area contributed by atoms with Crippen LogP contribution in [0.1, 0.15) is 5.56 Å². The second kappa shape index (κ2) is 6.06. The van der Waals surface area contributed by atoms with E-state index in [0.29, 0.717) is 13.2 Å². The van der Waals surface area contributed by atoms with Crippen LogP contribution in [0.5, 0.6) is 5.75 Å². The van der Waals surface area contributed by atoms with Gasteiger partial charge >= 0.3 is 0 Å². The molecule has 2 N–H and O–H groups in total. The first-order valence-electron chi connectivity index (χ1n) is 5.78. The predicted molar refractivity (Wildman–Crippen MR) is 66.9 cm³/mol. The molecule has 2 rings (SSSR count). The van der Waals surface area contributed by atoms with Crippen molar-refractivity contribution in [3.63, 3.8) is 0 Å². The van der Waals surface area contributed by atoms with E-state index in [9.17, 15) is 0 Å². The van der Waals surface area contributed by atoms with Crippen molar-refractivity contribution in [3.8, 4) is 5.75 Å². The summed E-state index contributed by atoms with van der Waals surface area (Å²) >= 11 is 0. The second-order valence-corrected chi connectivity index (χ2v) is 3.76. The van der Waals surface area contributed by atoms with Gasteiger partial charge in [-0.2, -0.15) is 5.10 Å². The topological polar surface area (TPSA) is 53.1 Å². The summed E-state index contributed by atoms with van der Waals surface area (Å²) in [6.45, 7) is 2.01. The van der Waals surface area contributed by atoms with Crippen molar-refractivity contribution in [2.75, 3.05) is 13.2 Å². The van der Waals surface area contributed by atoms with E-state index in [1.54, 1.807) is 6.20 Å². The first-order valence-corrected chi connectivity index (χ1v) is 5.78. The summed E-state index contributed by atoms with van der Waals surface area (Å²) in [4.78, 5) is 0. The van der Waals surface area contributed by atoms with E-state index >= 15 is 0 Å². The van der Waals surface area contributed by atoms with Gasteiger partial charge in [0, 0.05) is 12.4 Å². The molecule has 0 aliphatic carbocycles. The number of aromatic nitrogens is 2. The van der Waals surface area contributed by atoms with Crippen LogP contribution in [0.25, 0.3) is 0 Å². The maximum Gasteiger partial charge on any atom is 0.122 e. The van der Waals surface area contributed by atoms with Crippen molar-refractivity contribution in [2.45, 2.75) is 13.0 Å². The van der Waals surface area contributed by atoms with Gasteiger partial charge in [-0.1, -0.05) is 18.2 Å². The van der Waals surface area contributed by atoms with Gasteiger partial charge in [0.2, 0.25) is 0 Å². The number of nitrogens with two attached hydrogens (primary N) is 1. The van der Waals surface area contributed by atoms with E-state index in [2.05, 4.69) is 11.2 Å². The molecule has 0 unspecified atom stereocenters. The molecule has 0 fully saturated rings. The Morgan fingerprint density at radius 2 is 2.12 bits per heavy atom. The number of ether oxygens (including phenoxy) is 1. The highest BCUT2D eigenvalue weighted by Crippen LogP contribution is 2.17. The monoisotopic (exact) mass is 231 g/mol. The zero-order valence-electron chi connectivity index (χ0n) is 9.75. The molecule has 0 aliphatic rings. The molecule has 0 amide bonds. The lowest BCUT2D eigenvalue weighted by Crippen LogP contribution is -2.10. The van der Waals surface area contributed by atoms with Gasteiger partial charge in [-0.05, 0) is 30.7 Å². The molecular weight excluding hydrogens is 214 g/mol. The number of hydrogen-bond donors (Lipinski definition) is 1. The quantitative estimate of drug-likeness (QED) is 0.819. The lowest BCUT2D eigenvalue weighted by molar-refractivity contribution is 0.288. The fourth-order valence-electron chi connectivity index (χ4n) is 1.69. The summed E-state index contributed by atoms with van der Waals surface area (Å²) in [6, 6.07) is 9.92. The molecule has 0 radical (unpaired) electrons. The Kier molecular flexibility index (Phi) is 4.16. The summed E-state index contributed by atoms with van der Waals surface area (Å²) in [6.07, 6.45) is 4.54. The molecule has 2 aromatic rings. The van der Waals surface area contributed by atoms with Gasteiger partial charge < -0.3 is 10.5 Å². The Bertz CT molecular complexity index is 440. The zero-order chi connectivity index (χ0) is 11.9. The molecule has 90 valence electrons. The standard InChI is InChI=1S/C13H17N3O/c14-7-6-12-4-1-2-5-13(12)17-11-10-16-9-3-8-15-16/h1-5,8-9H,6-7,10-11,14H2. The van der Waals surface area contributed by atoms with Crippen LogP contribution in [0.15, 0.2) is 42.7 Å². The van der Waals surface area contributed by atoms with Crippen molar-refractivity contribution in [1.29, 1.82) is 0 Å². The summed E-state index contributed by atoms with van der Waals surface area (Å²) in [7, 11) is 0. The third kappa shape index (κ3) is 3.32. The third-order valence-electron chi connectivity index (χ3n) is 2.52. The summed E-state index contributed by atoms with van der Waals surface area (Å²) < 4.78 is 7.60. The number of para-hydroxylation sites is 1. The van der Waals surface area contributed by atoms with E-state index in [1.165, 1.54) is 0 Å². The van der Waals surface area contributed by atoms with E-state index in [-0.39, 0.29) is 0 Å². The van der Waals surface area contributed by atoms with Crippen LogP contribution < -0.4 is 10.5 Å². The number of nitrogens with zero attached hydrogens (tertiary/aromatic N) is 2. The van der Waals surface area contributed by atoms with Crippen LogP contribution in [0.3, 0.4) is 0 Å². The Balaban J connectivity index is 1.89. The Labute approximate surface area is 101 Å². The smallest absolute Gasteiger partial charge is 0.122 e. The van der Waals surface area contributed by atoms with Crippen LogP contribution >= 0.6 is 0 Å². The van der Waals surface area contributed by atoms with Crippen LogP contribution in [-0.4, -0.2) is 22.9 Å². The molecule has 1 heterocycles. The van der Waals surface area contributed by atoms with Crippen LogP contribution in [0.2, 0.25) is 0 Å². The van der Waals surface area contributed by atoms with Gasteiger partial charge in [0.05, 0.1) is 6.54 Å². The van der Waals surface area contributed by atoms with Gasteiger partial charge in [0.15, 0.2) is 0 Å². The maximum absolute atomic E-state index is 5.75. The fraction of sp³-hybridized carbons (Fsp3) is 0.308. The first kappa shape index (κ1) is 11.7. The summed E-state index contributed by atoms with van der Waals surface area (Å²) in [5, 5.41) is 4.12. The largest absolute Gasteiger partial charge is 0.491 e. The summed E-state index contributed by atoms with van der Waals surface area (Å²) in [5.41, 5.74) is 6.73. The SMILES string of the molecule is NCCc1ccccc1OCCn1cccn1. The Morgan fingerprint density at radius 1 is 1.24 bits per heavy atom. The fourth-order valence-corrected chi connectivity index (χ4v) is 1.69. The van der Waals surface area contributed by atoms with E-state index in [4.69, 9.17) is 10.5 Å². The van der Waals surface area contributed by atoms with Gasteiger partial charge in [-0.15, -0.1) is 0 Å². The average Bonchev–Trinajstić information content (AvgIpc) is 2.85. The van der Waals surface area contributed by atoms with Gasteiger partial charge in [0.1, 0.15) is 12.4 Å². The third-order valence-corrected chi connectivity index (χ3v) is 2.52. The minimum atomic E-state index is 0.614. The Morgan fingerprint density at radius 3 is 2.88 bits per heavy atom. The number of rotatable bonds is 6. The van der Waals surface area contributed by atoms with Crippen LogP contribution in [-0.2, 0) is 13.0 Å². The van der Waals surface area contributed by atoms with Crippen LogP contribution in [0, 0.1) is 0 Å². The minimum Gasteiger partial charge on any atom is -0.491 e. The lowest BCUT2D eigenvalue weighted by Gasteiger charge is -2.10. The molecule has 0 bridgehead atoms. The molecule has 0 atom stereocenters. The van der Waals surface area contributed by atoms with Gasteiger partial charge in [-0.3, -0.25) is 4.68 Å². The maximum atomic E-state index is 5.75. The highest BCUT2D eigenvalue weighted by Gasteiger charge is 2.01. The van der Waals surface area contributed by atoms with E-state index in [0.717, 1.165) is 24.3 Å². The summed E-state index contributed by atoms with van der Waals surface area (Å²) in [5.74, 6) is 0.921. The minimum absolute atomic E-state index is 0.614. The van der Waals surface area contributed by atoms with Gasteiger partial charge in [-0.25, -0.2) is 0 Å². The molecule has 0 saturated heterocycles.